The minimum absolute atomic E-state index is 0.218. The average molecular weight is 219 g/mol. The van der Waals surface area contributed by atoms with Crippen molar-refractivity contribution in [3.63, 3.8) is 0 Å². The van der Waals surface area contributed by atoms with Gasteiger partial charge in [0, 0.05) is 0 Å². The van der Waals surface area contributed by atoms with Crippen molar-refractivity contribution in [2.75, 3.05) is 0 Å². The summed E-state index contributed by atoms with van der Waals surface area (Å²) in [6.45, 7) is 0.218. The lowest BCUT2D eigenvalue weighted by Crippen LogP contribution is -2.24. The summed E-state index contributed by atoms with van der Waals surface area (Å²) in [4.78, 5) is 3.77. The van der Waals surface area contributed by atoms with Crippen LogP contribution in [0.4, 0.5) is 0 Å². The zero-order valence-corrected chi connectivity index (χ0v) is 8.64. The fourth-order valence-corrected chi connectivity index (χ4v) is 1.49. The Labute approximate surface area is 93.0 Å². The Kier molecular flexibility index (Phi) is 3.28. The molecule has 0 aliphatic carbocycles. The number of hydrogen-bond donors (Lipinski definition) is 2. The highest BCUT2D eigenvalue weighted by atomic mass is 16.3. The molecule has 5 nitrogen and oxygen atoms in total. The molecule has 2 N–H and O–H groups in total. The lowest BCUT2D eigenvalue weighted by molar-refractivity contribution is 0.00611. The van der Waals surface area contributed by atoms with E-state index in [-0.39, 0.29) is 6.54 Å². The van der Waals surface area contributed by atoms with E-state index in [0.717, 1.165) is 0 Å². The van der Waals surface area contributed by atoms with E-state index in [1.165, 1.54) is 17.3 Å². The SMILES string of the molecule is OC(Cn1cncn1)C(O)c1ccccc1. The summed E-state index contributed by atoms with van der Waals surface area (Å²) in [5, 5.41) is 23.5. The molecule has 5 heteroatoms. The molecule has 0 spiro atoms. The van der Waals surface area contributed by atoms with Gasteiger partial charge in [0.05, 0.1) is 6.54 Å². The van der Waals surface area contributed by atoms with E-state index in [1.54, 1.807) is 12.1 Å². The quantitative estimate of drug-likeness (QED) is 0.779. The first-order chi connectivity index (χ1) is 7.77. The number of hydrogen-bond acceptors (Lipinski definition) is 4. The van der Waals surface area contributed by atoms with Crippen LogP contribution in [0.2, 0.25) is 0 Å². The van der Waals surface area contributed by atoms with Crippen molar-refractivity contribution < 1.29 is 10.2 Å². The van der Waals surface area contributed by atoms with E-state index in [9.17, 15) is 10.2 Å². The number of aliphatic hydroxyl groups excluding tert-OH is 2. The third-order valence-electron chi connectivity index (χ3n) is 2.35. The Bertz CT molecular complexity index is 416. The summed E-state index contributed by atoms with van der Waals surface area (Å²) in [6.07, 6.45) is 1.08. The maximum atomic E-state index is 9.88. The lowest BCUT2D eigenvalue weighted by atomic mass is 10.0. The van der Waals surface area contributed by atoms with Crippen molar-refractivity contribution in [2.24, 2.45) is 0 Å². The summed E-state index contributed by atoms with van der Waals surface area (Å²) >= 11 is 0. The summed E-state index contributed by atoms with van der Waals surface area (Å²) in [5.41, 5.74) is 0.690. The highest BCUT2D eigenvalue weighted by molar-refractivity contribution is 5.18. The molecule has 0 amide bonds. The molecule has 16 heavy (non-hydrogen) atoms. The van der Waals surface area contributed by atoms with Gasteiger partial charge >= 0.3 is 0 Å². The van der Waals surface area contributed by atoms with E-state index in [1.807, 2.05) is 18.2 Å². The monoisotopic (exact) mass is 219 g/mol. The van der Waals surface area contributed by atoms with Crippen LogP contribution < -0.4 is 0 Å². The molecule has 0 saturated carbocycles. The topological polar surface area (TPSA) is 71.2 Å². The van der Waals surface area contributed by atoms with Crippen LogP contribution in [0.25, 0.3) is 0 Å². The highest BCUT2D eigenvalue weighted by Gasteiger charge is 2.18. The van der Waals surface area contributed by atoms with Crippen LogP contribution in [0, 0.1) is 0 Å². The van der Waals surface area contributed by atoms with Gasteiger partial charge < -0.3 is 10.2 Å². The van der Waals surface area contributed by atoms with Crippen molar-refractivity contribution >= 4 is 0 Å². The third-order valence-corrected chi connectivity index (χ3v) is 2.35. The summed E-state index contributed by atoms with van der Waals surface area (Å²) < 4.78 is 1.48. The fraction of sp³-hybridized carbons (Fsp3) is 0.273. The van der Waals surface area contributed by atoms with Gasteiger partial charge in [-0.05, 0) is 5.56 Å². The fourth-order valence-electron chi connectivity index (χ4n) is 1.49. The predicted molar refractivity (Wildman–Crippen MR) is 57.4 cm³/mol. The van der Waals surface area contributed by atoms with Crippen molar-refractivity contribution in [2.45, 2.75) is 18.8 Å². The summed E-state index contributed by atoms with van der Waals surface area (Å²) in [5.74, 6) is 0. The molecule has 0 saturated heterocycles. The molecule has 1 aromatic carbocycles. The zero-order chi connectivity index (χ0) is 11.4. The van der Waals surface area contributed by atoms with Gasteiger partial charge in [-0.25, -0.2) is 4.98 Å². The molecule has 0 aliphatic rings. The number of aliphatic hydroxyl groups is 2. The Morgan fingerprint density at radius 2 is 1.94 bits per heavy atom. The highest BCUT2D eigenvalue weighted by Crippen LogP contribution is 2.17. The van der Waals surface area contributed by atoms with E-state index < -0.39 is 12.2 Å². The van der Waals surface area contributed by atoms with E-state index in [2.05, 4.69) is 10.1 Å². The van der Waals surface area contributed by atoms with Gasteiger partial charge in [-0.2, -0.15) is 5.10 Å². The maximum absolute atomic E-state index is 9.88. The van der Waals surface area contributed by atoms with Crippen molar-refractivity contribution in [1.82, 2.24) is 14.8 Å². The normalized spacial score (nSPS) is 14.6. The minimum Gasteiger partial charge on any atom is -0.388 e. The standard InChI is InChI=1S/C11H13N3O2/c15-10(6-14-8-12-7-13-14)11(16)9-4-2-1-3-5-9/h1-5,7-8,10-11,15-16H,6H2. The van der Waals surface area contributed by atoms with E-state index in [0.29, 0.717) is 5.56 Å². The average Bonchev–Trinajstić information content (AvgIpc) is 2.82. The van der Waals surface area contributed by atoms with Crippen LogP contribution in [0.3, 0.4) is 0 Å². The Balaban J connectivity index is 2.02. The second-order valence-electron chi connectivity index (χ2n) is 3.54. The molecular weight excluding hydrogens is 206 g/mol. The molecule has 0 bridgehead atoms. The molecule has 2 unspecified atom stereocenters. The third kappa shape index (κ3) is 2.44. The largest absolute Gasteiger partial charge is 0.388 e. The van der Waals surface area contributed by atoms with Crippen molar-refractivity contribution in [3.8, 4) is 0 Å². The van der Waals surface area contributed by atoms with Gasteiger partial charge in [0.1, 0.15) is 24.9 Å². The molecule has 1 aromatic heterocycles. The molecule has 0 aliphatic heterocycles. The molecule has 0 fully saturated rings. The van der Waals surface area contributed by atoms with Gasteiger partial charge in [-0.3, -0.25) is 4.68 Å². The van der Waals surface area contributed by atoms with Gasteiger partial charge in [-0.1, -0.05) is 30.3 Å². The number of nitrogens with zero attached hydrogens (tertiary/aromatic N) is 3. The van der Waals surface area contributed by atoms with E-state index >= 15 is 0 Å². The Hall–Kier alpha value is -1.72. The lowest BCUT2D eigenvalue weighted by Gasteiger charge is -2.17. The van der Waals surface area contributed by atoms with Gasteiger partial charge in [0.15, 0.2) is 0 Å². The second-order valence-corrected chi connectivity index (χ2v) is 3.54. The summed E-state index contributed by atoms with van der Waals surface area (Å²) in [7, 11) is 0. The van der Waals surface area contributed by atoms with Crippen molar-refractivity contribution in [3.05, 3.63) is 48.5 Å². The molecule has 2 aromatic rings. The second kappa shape index (κ2) is 4.87. The minimum atomic E-state index is -0.912. The first-order valence-corrected chi connectivity index (χ1v) is 5.01. The first-order valence-electron chi connectivity index (χ1n) is 5.01. The van der Waals surface area contributed by atoms with Crippen LogP contribution in [0.15, 0.2) is 43.0 Å². The molecule has 84 valence electrons. The van der Waals surface area contributed by atoms with E-state index in [4.69, 9.17) is 0 Å². The number of aromatic nitrogens is 3. The maximum Gasteiger partial charge on any atom is 0.137 e. The van der Waals surface area contributed by atoms with Crippen LogP contribution in [-0.2, 0) is 6.54 Å². The Morgan fingerprint density at radius 1 is 1.19 bits per heavy atom. The van der Waals surface area contributed by atoms with Crippen LogP contribution in [-0.4, -0.2) is 31.1 Å². The Morgan fingerprint density at radius 3 is 2.56 bits per heavy atom. The number of rotatable bonds is 4. The van der Waals surface area contributed by atoms with Crippen LogP contribution >= 0.6 is 0 Å². The molecule has 2 atom stereocenters. The van der Waals surface area contributed by atoms with Crippen molar-refractivity contribution in [1.29, 1.82) is 0 Å². The number of benzene rings is 1. The van der Waals surface area contributed by atoms with Gasteiger partial charge in [-0.15, -0.1) is 0 Å². The zero-order valence-electron chi connectivity index (χ0n) is 8.64. The van der Waals surface area contributed by atoms with Gasteiger partial charge in [0.2, 0.25) is 0 Å². The molecule has 0 radical (unpaired) electrons. The smallest absolute Gasteiger partial charge is 0.137 e. The molecule has 2 rings (SSSR count). The molecular formula is C11H13N3O2. The van der Waals surface area contributed by atoms with Crippen LogP contribution in [0.5, 0.6) is 0 Å². The first kappa shape index (κ1) is 10.8. The van der Waals surface area contributed by atoms with Gasteiger partial charge in [0.25, 0.3) is 0 Å². The predicted octanol–water partition coefficient (Wildman–Crippen LogP) is 0.373. The molecule has 1 heterocycles. The summed E-state index contributed by atoms with van der Waals surface area (Å²) in [6, 6.07) is 9.05. The van der Waals surface area contributed by atoms with Crippen LogP contribution in [0.1, 0.15) is 11.7 Å².